The molecule has 1 amide bonds. The lowest BCUT2D eigenvalue weighted by atomic mass is 10.1. The number of hydrogen-bond donors (Lipinski definition) is 1. The van der Waals surface area contributed by atoms with Crippen molar-refractivity contribution < 1.29 is 18.0 Å². The number of aromatic nitrogens is 1. The van der Waals surface area contributed by atoms with E-state index >= 15 is 0 Å². The van der Waals surface area contributed by atoms with Crippen molar-refractivity contribution in [2.45, 2.75) is 26.1 Å². The lowest BCUT2D eigenvalue weighted by Gasteiger charge is -2.19. The average molecular weight is 339 g/mol. The number of nitrogens with zero attached hydrogens (tertiary/aromatic N) is 1. The summed E-state index contributed by atoms with van der Waals surface area (Å²) < 4.78 is 37.0. The molecule has 19 heavy (non-hydrogen) atoms. The summed E-state index contributed by atoms with van der Waals surface area (Å²) in [5.74, 6) is -0.273. The van der Waals surface area contributed by atoms with Crippen LogP contribution in [0.4, 0.5) is 13.2 Å². The molecule has 1 heterocycles. The van der Waals surface area contributed by atoms with Gasteiger partial charge in [0.1, 0.15) is 5.69 Å². The number of nitrogens with one attached hydrogen (secondary N) is 1. The van der Waals surface area contributed by atoms with Gasteiger partial charge < -0.3 is 5.32 Å². The van der Waals surface area contributed by atoms with Crippen LogP contribution >= 0.6 is 15.9 Å². The zero-order valence-electron chi connectivity index (χ0n) is 10.5. The molecule has 0 aromatic carbocycles. The number of carbonyl (C=O) groups excluding carboxylic acids is 1. The molecule has 1 N–H and O–H groups in total. The van der Waals surface area contributed by atoms with Crippen molar-refractivity contribution in [3.63, 3.8) is 0 Å². The van der Waals surface area contributed by atoms with Crippen LogP contribution in [0.25, 0.3) is 0 Å². The van der Waals surface area contributed by atoms with E-state index in [4.69, 9.17) is 0 Å². The highest BCUT2D eigenvalue weighted by Crippen LogP contribution is 2.28. The van der Waals surface area contributed by atoms with Crippen LogP contribution in [0, 0.1) is 5.92 Å². The van der Waals surface area contributed by atoms with E-state index in [1.807, 2.05) is 13.8 Å². The van der Waals surface area contributed by atoms with Crippen molar-refractivity contribution in [3.8, 4) is 0 Å². The Kier molecular flexibility index (Phi) is 5.34. The molecule has 1 atom stereocenters. The molecule has 0 aliphatic carbocycles. The van der Waals surface area contributed by atoms with Gasteiger partial charge in [-0.25, -0.2) is 0 Å². The number of halogens is 4. The minimum Gasteiger partial charge on any atom is -0.347 e. The van der Waals surface area contributed by atoms with Gasteiger partial charge in [-0.1, -0.05) is 29.8 Å². The molecule has 1 rings (SSSR count). The molecule has 7 heteroatoms. The van der Waals surface area contributed by atoms with Gasteiger partial charge in [0.2, 0.25) is 0 Å². The zero-order chi connectivity index (χ0) is 14.6. The Morgan fingerprint density at radius 3 is 2.42 bits per heavy atom. The second kappa shape index (κ2) is 6.36. The van der Waals surface area contributed by atoms with Crippen molar-refractivity contribution in [2.75, 3.05) is 5.33 Å². The van der Waals surface area contributed by atoms with E-state index in [1.165, 1.54) is 0 Å². The zero-order valence-corrected chi connectivity index (χ0v) is 12.0. The first-order chi connectivity index (χ1) is 8.75. The van der Waals surface area contributed by atoms with Crippen LogP contribution in [0.1, 0.15) is 29.9 Å². The Morgan fingerprint density at radius 1 is 1.42 bits per heavy atom. The molecular formula is C12H14BrF3N2O. The summed E-state index contributed by atoms with van der Waals surface area (Å²) in [5, 5.41) is 3.28. The second-order valence-corrected chi connectivity index (χ2v) is 5.06. The minimum absolute atomic E-state index is 0.0281. The van der Waals surface area contributed by atoms with Crippen LogP contribution in [0.3, 0.4) is 0 Å². The van der Waals surface area contributed by atoms with Crippen LogP contribution in [-0.2, 0) is 6.18 Å². The molecule has 0 saturated heterocycles. The molecule has 0 aliphatic heterocycles. The molecule has 1 unspecified atom stereocenters. The molecule has 3 nitrogen and oxygen atoms in total. The molecular weight excluding hydrogens is 325 g/mol. The topological polar surface area (TPSA) is 42.0 Å². The third-order valence-electron chi connectivity index (χ3n) is 2.61. The molecule has 0 spiro atoms. The van der Waals surface area contributed by atoms with Gasteiger partial charge in [0.05, 0.1) is 5.56 Å². The van der Waals surface area contributed by atoms with Crippen LogP contribution in [0.2, 0.25) is 0 Å². The van der Waals surface area contributed by atoms with E-state index in [0.717, 1.165) is 12.1 Å². The number of carbonyl (C=O) groups is 1. The largest absolute Gasteiger partial charge is 0.417 e. The maximum absolute atomic E-state index is 12.3. The van der Waals surface area contributed by atoms with Gasteiger partial charge in [-0.2, -0.15) is 13.2 Å². The van der Waals surface area contributed by atoms with E-state index in [1.54, 1.807) is 0 Å². The summed E-state index contributed by atoms with van der Waals surface area (Å²) in [6, 6.07) is 1.82. The first kappa shape index (κ1) is 15.9. The standard InChI is InChI=1S/C12H14BrF3N2O/c1-7(2)10(5-13)18-11(19)9-4-3-8(6-17-9)12(14,15)16/h3-4,6-7,10H,5H2,1-2H3,(H,18,19). The Bertz CT molecular complexity index is 432. The lowest BCUT2D eigenvalue weighted by Crippen LogP contribution is -2.40. The highest BCUT2D eigenvalue weighted by Gasteiger charge is 2.31. The molecule has 0 bridgehead atoms. The van der Waals surface area contributed by atoms with Crippen molar-refractivity contribution >= 4 is 21.8 Å². The van der Waals surface area contributed by atoms with E-state index in [9.17, 15) is 18.0 Å². The van der Waals surface area contributed by atoms with Crippen molar-refractivity contribution in [1.29, 1.82) is 0 Å². The Hall–Kier alpha value is -1.11. The fourth-order valence-corrected chi connectivity index (χ4v) is 2.23. The van der Waals surface area contributed by atoms with Crippen molar-refractivity contribution in [1.82, 2.24) is 10.3 Å². The molecule has 0 aliphatic rings. The Balaban J connectivity index is 2.78. The fourth-order valence-electron chi connectivity index (χ4n) is 1.32. The van der Waals surface area contributed by atoms with Gasteiger partial charge >= 0.3 is 6.18 Å². The molecule has 106 valence electrons. The molecule has 0 saturated carbocycles. The van der Waals surface area contributed by atoms with E-state index < -0.39 is 17.6 Å². The van der Waals surface area contributed by atoms with Crippen LogP contribution in [-0.4, -0.2) is 22.3 Å². The van der Waals surface area contributed by atoms with E-state index in [-0.39, 0.29) is 17.7 Å². The number of hydrogen-bond acceptors (Lipinski definition) is 2. The molecule has 1 aromatic heterocycles. The molecule has 0 radical (unpaired) electrons. The predicted molar refractivity (Wildman–Crippen MR) is 69.1 cm³/mol. The molecule has 0 fully saturated rings. The first-order valence-electron chi connectivity index (χ1n) is 5.65. The number of amides is 1. The monoisotopic (exact) mass is 338 g/mol. The fraction of sp³-hybridized carbons (Fsp3) is 0.500. The summed E-state index contributed by atoms with van der Waals surface area (Å²) in [4.78, 5) is 15.3. The van der Waals surface area contributed by atoms with E-state index in [0.29, 0.717) is 11.5 Å². The summed E-state index contributed by atoms with van der Waals surface area (Å²) in [6.07, 6.45) is -3.79. The minimum atomic E-state index is -4.45. The Morgan fingerprint density at radius 2 is 2.05 bits per heavy atom. The maximum Gasteiger partial charge on any atom is 0.417 e. The lowest BCUT2D eigenvalue weighted by molar-refractivity contribution is -0.137. The van der Waals surface area contributed by atoms with Crippen molar-refractivity contribution in [2.24, 2.45) is 5.92 Å². The predicted octanol–water partition coefficient (Wildman–Crippen LogP) is 3.25. The van der Waals surface area contributed by atoms with Crippen LogP contribution in [0.15, 0.2) is 18.3 Å². The normalized spacial score (nSPS) is 13.4. The van der Waals surface area contributed by atoms with Gasteiger partial charge in [0.15, 0.2) is 0 Å². The summed E-state index contributed by atoms with van der Waals surface area (Å²) in [5.41, 5.74) is -0.899. The van der Waals surface area contributed by atoms with Crippen LogP contribution < -0.4 is 5.32 Å². The van der Waals surface area contributed by atoms with Gasteiger partial charge in [0.25, 0.3) is 5.91 Å². The van der Waals surface area contributed by atoms with E-state index in [2.05, 4.69) is 26.2 Å². The number of alkyl halides is 4. The number of rotatable bonds is 4. The first-order valence-corrected chi connectivity index (χ1v) is 6.78. The van der Waals surface area contributed by atoms with Gasteiger partial charge in [-0.15, -0.1) is 0 Å². The number of pyridine rings is 1. The van der Waals surface area contributed by atoms with Gasteiger partial charge in [-0.05, 0) is 18.1 Å². The summed E-state index contributed by atoms with van der Waals surface area (Å²) in [6.45, 7) is 3.87. The highest BCUT2D eigenvalue weighted by molar-refractivity contribution is 9.09. The van der Waals surface area contributed by atoms with Gasteiger partial charge in [-0.3, -0.25) is 9.78 Å². The molecule has 1 aromatic rings. The van der Waals surface area contributed by atoms with Gasteiger partial charge in [0, 0.05) is 17.6 Å². The third-order valence-corrected chi connectivity index (χ3v) is 3.31. The quantitative estimate of drug-likeness (QED) is 0.856. The summed E-state index contributed by atoms with van der Waals surface area (Å²) in [7, 11) is 0. The third kappa shape index (κ3) is 4.49. The summed E-state index contributed by atoms with van der Waals surface area (Å²) >= 11 is 3.27. The van der Waals surface area contributed by atoms with Crippen molar-refractivity contribution in [3.05, 3.63) is 29.6 Å². The smallest absolute Gasteiger partial charge is 0.347 e. The second-order valence-electron chi connectivity index (χ2n) is 4.41. The maximum atomic E-state index is 12.3. The average Bonchev–Trinajstić information content (AvgIpc) is 2.34. The Labute approximate surface area is 117 Å². The highest BCUT2D eigenvalue weighted by atomic mass is 79.9. The van der Waals surface area contributed by atoms with Crippen LogP contribution in [0.5, 0.6) is 0 Å². The SMILES string of the molecule is CC(C)C(CBr)NC(=O)c1ccc(C(F)(F)F)cn1.